The molecule has 1 atom stereocenters. The second kappa shape index (κ2) is 9.15. The van der Waals surface area contributed by atoms with Gasteiger partial charge >= 0.3 is 0 Å². The molecule has 2 aromatic carbocycles. The molecular formula is C22H25N2OY-. The average Bonchev–Trinajstić information content (AvgIpc) is 3.04. The quantitative estimate of drug-likeness (QED) is 0.694. The molecule has 1 radical (unpaired) electrons. The molecule has 0 N–H and O–H groups in total. The maximum Gasteiger partial charge on any atom is 0.228 e. The molecule has 133 valence electrons. The molecule has 26 heavy (non-hydrogen) atoms. The van der Waals surface area contributed by atoms with Crippen molar-refractivity contribution in [1.29, 1.82) is 0 Å². The average molecular weight is 422 g/mol. The minimum absolute atomic E-state index is 0. The van der Waals surface area contributed by atoms with E-state index < -0.39 is 0 Å². The van der Waals surface area contributed by atoms with Gasteiger partial charge in [0.25, 0.3) is 0 Å². The molecule has 2 aromatic rings. The van der Waals surface area contributed by atoms with Gasteiger partial charge in [0.1, 0.15) is 0 Å². The van der Waals surface area contributed by atoms with Crippen LogP contribution in [0.3, 0.4) is 0 Å². The molecule has 4 heteroatoms. The van der Waals surface area contributed by atoms with Crippen LogP contribution in [0, 0.1) is 12.0 Å². The van der Waals surface area contributed by atoms with Crippen molar-refractivity contribution < 1.29 is 37.5 Å². The van der Waals surface area contributed by atoms with E-state index in [1.165, 1.54) is 30.5 Å². The summed E-state index contributed by atoms with van der Waals surface area (Å²) < 4.78 is 0. The molecule has 2 aliphatic heterocycles. The van der Waals surface area contributed by atoms with Crippen molar-refractivity contribution >= 4 is 17.3 Å². The van der Waals surface area contributed by atoms with E-state index in [4.69, 9.17) is 0 Å². The Hall–Kier alpha value is -1.19. The zero-order valence-corrected chi connectivity index (χ0v) is 18.1. The minimum atomic E-state index is 0. The van der Waals surface area contributed by atoms with E-state index in [1.807, 2.05) is 29.2 Å². The number of para-hydroxylation sites is 1. The van der Waals surface area contributed by atoms with E-state index >= 15 is 0 Å². The number of hydrogen-bond donors (Lipinski definition) is 0. The first-order valence-electron chi connectivity index (χ1n) is 9.43. The van der Waals surface area contributed by atoms with E-state index in [1.54, 1.807) is 0 Å². The van der Waals surface area contributed by atoms with Gasteiger partial charge in [-0.2, -0.15) is 18.2 Å². The van der Waals surface area contributed by atoms with Crippen LogP contribution in [-0.2, 0) is 43.9 Å². The van der Waals surface area contributed by atoms with Gasteiger partial charge in [0.2, 0.25) is 5.91 Å². The number of nitrogens with zero attached hydrogens (tertiary/aromatic N) is 2. The first-order chi connectivity index (χ1) is 12.3. The largest absolute Gasteiger partial charge is 0.371 e. The maximum atomic E-state index is 12.9. The van der Waals surface area contributed by atoms with Gasteiger partial charge in [-0.3, -0.25) is 4.79 Å². The topological polar surface area (TPSA) is 23.6 Å². The number of rotatable bonds is 4. The van der Waals surface area contributed by atoms with Crippen molar-refractivity contribution in [3.05, 3.63) is 60.2 Å². The molecule has 1 amide bonds. The molecule has 2 fully saturated rings. The van der Waals surface area contributed by atoms with Crippen LogP contribution in [0.1, 0.15) is 31.2 Å². The molecule has 0 bridgehead atoms. The number of anilines is 2. The third kappa shape index (κ3) is 4.20. The molecule has 2 aliphatic rings. The number of carbonyl (C=O) groups excluding carboxylic acids is 1. The second-order valence-electron chi connectivity index (χ2n) is 7.11. The molecule has 0 unspecified atom stereocenters. The molecule has 4 rings (SSSR count). The van der Waals surface area contributed by atoms with Gasteiger partial charge in [-0.05, 0) is 43.7 Å². The smallest absolute Gasteiger partial charge is 0.228 e. The fourth-order valence-electron chi connectivity index (χ4n) is 4.13. The van der Waals surface area contributed by atoms with E-state index in [0.29, 0.717) is 0 Å². The Kier molecular flexibility index (Phi) is 6.88. The normalized spacial score (nSPS) is 20.2. The molecule has 2 heterocycles. The second-order valence-corrected chi connectivity index (χ2v) is 7.11. The summed E-state index contributed by atoms with van der Waals surface area (Å²) in [7, 11) is 0. The molecule has 0 aliphatic carbocycles. The summed E-state index contributed by atoms with van der Waals surface area (Å²) in [4.78, 5) is 17.3. The Morgan fingerprint density at radius 2 is 1.69 bits per heavy atom. The van der Waals surface area contributed by atoms with Crippen molar-refractivity contribution in [2.24, 2.45) is 5.92 Å². The van der Waals surface area contributed by atoms with Crippen molar-refractivity contribution in [2.75, 3.05) is 29.4 Å². The zero-order valence-electron chi connectivity index (χ0n) is 15.2. The van der Waals surface area contributed by atoms with Crippen LogP contribution in [0.5, 0.6) is 0 Å². The summed E-state index contributed by atoms with van der Waals surface area (Å²) in [6.45, 7) is 3.10. The SMILES string of the molecule is O=C1[C@H](Cc2ccccc2N2CCCCC2)CCN1c1cc[c-]cc1.[Y]. The van der Waals surface area contributed by atoms with Gasteiger partial charge in [0, 0.05) is 63.9 Å². The predicted octanol–water partition coefficient (Wildman–Crippen LogP) is 4.07. The van der Waals surface area contributed by atoms with Crippen LogP contribution in [0.4, 0.5) is 11.4 Å². The summed E-state index contributed by atoms with van der Waals surface area (Å²) >= 11 is 0. The van der Waals surface area contributed by atoms with E-state index in [-0.39, 0.29) is 44.5 Å². The molecule has 0 aromatic heterocycles. The number of hydrogen-bond acceptors (Lipinski definition) is 2. The Balaban J connectivity index is 0.00000196. The Morgan fingerprint density at radius 1 is 0.962 bits per heavy atom. The van der Waals surface area contributed by atoms with Crippen molar-refractivity contribution in [2.45, 2.75) is 32.1 Å². The van der Waals surface area contributed by atoms with E-state index in [0.717, 1.165) is 38.2 Å². The van der Waals surface area contributed by atoms with Crippen LogP contribution in [-0.4, -0.2) is 25.5 Å². The third-order valence-corrected chi connectivity index (χ3v) is 5.48. The molecule has 0 saturated carbocycles. The van der Waals surface area contributed by atoms with Crippen molar-refractivity contribution in [1.82, 2.24) is 0 Å². The summed E-state index contributed by atoms with van der Waals surface area (Å²) in [5.41, 5.74) is 3.66. The fourth-order valence-corrected chi connectivity index (χ4v) is 4.13. The van der Waals surface area contributed by atoms with Crippen LogP contribution >= 0.6 is 0 Å². The summed E-state index contributed by atoms with van der Waals surface area (Å²) in [5, 5.41) is 0. The van der Waals surface area contributed by atoms with Gasteiger partial charge in [-0.1, -0.05) is 23.9 Å². The number of piperidine rings is 1. The van der Waals surface area contributed by atoms with Crippen molar-refractivity contribution in [3.8, 4) is 0 Å². The number of carbonyl (C=O) groups is 1. The van der Waals surface area contributed by atoms with Gasteiger partial charge < -0.3 is 9.80 Å². The van der Waals surface area contributed by atoms with Gasteiger partial charge in [0.15, 0.2) is 0 Å². The molecule has 2 saturated heterocycles. The monoisotopic (exact) mass is 422 g/mol. The van der Waals surface area contributed by atoms with E-state index in [9.17, 15) is 4.79 Å². The maximum absolute atomic E-state index is 12.9. The molecule has 0 spiro atoms. The Labute approximate surface area is 181 Å². The first kappa shape index (κ1) is 19.6. The van der Waals surface area contributed by atoms with Crippen molar-refractivity contribution in [3.63, 3.8) is 0 Å². The predicted molar refractivity (Wildman–Crippen MR) is 102 cm³/mol. The number of amides is 1. The summed E-state index contributed by atoms with van der Waals surface area (Å²) in [6.07, 6.45) is 5.67. The van der Waals surface area contributed by atoms with Gasteiger partial charge in [-0.25, -0.2) is 0 Å². The summed E-state index contributed by atoms with van der Waals surface area (Å²) in [5.74, 6) is 0.356. The van der Waals surface area contributed by atoms with Crippen LogP contribution in [0.25, 0.3) is 0 Å². The van der Waals surface area contributed by atoms with Gasteiger partial charge in [-0.15, -0.1) is 12.1 Å². The minimum Gasteiger partial charge on any atom is -0.371 e. The standard InChI is InChI=1S/C22H25N2O.Y/c25-22-19(13-16-24(22)20-10-3-1-4-11-20)17-18-9-5-6-12-21(18)23-14-7-2-8-15-23;/h3-6,9-12,19H,2,7-8,13-17H2;/q-1;/t19-;/m0./s1. The zero-order chi connectivity index (χ0) is 17.1. The van der Waals surface area contributed by atoms with Gasteiger partial charge in [0.05, 0.1) is 0 Å². The third-order valence-electron chi connectivity index (χ3n) is 5.48. The van der Waals surface area contributed by atoms with Crippen LogP contribution in [0.2, 0.25) is 0 Å². The summed E-state index contributed by atoms with van der Waals surface area (Å²) in [6, 6.07) is 19.4. The first-order valence-corrected chi connectivity index (χ1v) is 9.43. The number of benzene rings is 2. The molecule has 3 nitrogen and oxygen atoms in total. The Morgan fingerprint density at radius 3 is 2.46 bits per heavy atom. The Bertz CT molecular complexity index is 728. The van der Waals surface area contributed by atoms with E-state index in [2.05, 4.69) is 35.2 Å². The molecular weight excluding hydrogens is 397 g/mol. The fraction of sp³-hybridized carbons (Fsp3) is 0.409. The van der Waals surface area contributed by atoms with Crippen LogP contribution in [0.15, 0.2) is 48.5 Å². The van der Waals surface area contributed by atoms with Crippen LogP contribution < -0.4 is 9.80 Å².